The summed E-state index contributed by atoms with van der Waals surface area (Å²) in [5.74, 6) is -0.0802. The number of nitrogens with zero attached hydrogens (tertiary/aromatic N) is 1. The standard InChI is InChI=1S/C11H17N3O/c1-2-10(5-6-12)14-11(15)9-4-3-7-13-8-9/h3-4,7-8,10H,2,5-6,12H2,1H3,(H,14,15). The highest BCUT2D eigenvalue weighted by Gasteiger charge is 2.10. The first-order valence-electron chi connectivity index (χ1n) is 5.19. The fourth-order valence-corrected chi connectivity index (χ4v) is 1.35. The van der Waals surface area contributed by atoms with Gasteiger partial charge in [-0.25, -0.2) is 0 Å². The lowest BCUT2D eigenvalue weighted by molar-refractivity contribution is 0.0934. The summed E-state index contributed by atoms with van der Waals surface area (Å²) < 4.78 is 0. The normalized spacial score (nSPS) is 12.1. The van der Waals surface area contributed by atoms with Crippen LogP contribution < -0.4 is 11.1 Å². The molecule has 0 aliphatic carbocycles. The highest BCUT2D eigenvalue weighted by molar-refractivity contribution is 5.93. The van der Waals surface area contributed by atoms with Gasteiger partial charge < -0.3 is 11.1 Å². The first kappa shape index (κ1) is 11.7. The SMILES string of the molecule is CCC(CCN)NC(=O)c1cccnc1. The summed E-state index contributed by atoms with van der Waals surface area (Å²) in [4.78, 5) is 15.6. The van der Waals surface area contributed by atoms with Crippen molar-refractivity contribution in [2.75, 3.05) is 6.54 Å². The molecule has 0 spiro atoms. The zero-order valence-corrected chi connectivity index (χ0v) is 8.94. The number of pyridine rings is 1. The van der Waals surface area contributed by atoms with E-state index in [0.29, 0.717) is 12.1 Å². The molecular formula is C11H17N3O. The summed E-state index contributed by atoms with van der Waals surface area (Å²) in [7, 11) is 0. The summed E-state index contributed by atoms with van der Waals surface area (Å²) >= 11 is 0. The summed E-state index contributed by atoms with van der Waals surface area (Å²) in [6, 6.07) is 3.65. The Bertz CT molecular complexity index is 300. The topological polar surface area (TPSA) is 68.0 Å². The first-order valence-corrected chi connectivity index (χ1v) is 5.19. The van der Waals surface area contributed by atoms with Crippen LogP contribution in [0, 0.1) is 0 Å². The van der Waals surface area contributed by atoms with Crippen molar-refractivity contribution >= 4 is 5.91 Å². The van der Waals surface area contributed by atoms with Gasteiger partial charge in [0.1, 0.15) is 0 Å². The van der Waals surface area contributed by atoms with Crippen LogP contribution in [0.1, 0.15) is 30.1 Å². The number of carbonyl (C=O) groups excluding carboxylic acids is 1. The van der Waals surface area contributed by atoms with Crippen molar-refractivity contribution in [3.05, 3.63) is 30.1 Å². The zero-order valence-electron chi connectivity index (χ0n) is 8.94. The molecule has 0 aliphatic heterocycles. The Morgan fingerprint density at radius 2 is 2.47 bits per heavy atom. The van der Waals surface area contributed by atoms with E-state index in [1.54, 1.807) is 24.5 Å². The molecule has 1 atom stereocenters. The second-order valence-electron chi connectivity index (χ2n) is 3.40. The molecule has 4 heteroatoms. The first-order chi connectivity index (χ1) is 7.27. The minimum absolute atomic E-state index is 0.0802. The summed E-state index contributed by atoms with van der Waals surface area (Å²) in [5.41, 5.74) is 6.05. The third kappa shape index (κ3) is 3.67. The molecule has 1 heterocycles. The molecule has 1 aromatic heterocycles. The lowest BCUT2D eigenvalue weighted by atomic mass is 10.1. The third-order valence-electron chi connectivity index (χ3n) is 2.27. The number of carbonyl (C=O) groups is 1. The molecule has 0 fully saturated rings. The van der Waals surface area contributed by atoms with Gasteiger partial charge in [0.25, 0.3) is 5.91 Å². The van der Waals surface area contributed by atoms with Gasteiger partial charge in [0.05, 0.1) is 5.56 Å². The molecule has 0 radical (unpaired) electrons. The maximum atomic E-state index is 11.7. The number of aromatic nitrogens is 1. The Kier molecular flexibility index (Phi) is 4.77. The number of hydrogen-bond acceptors (Lipinski definition) is 3. The molecule has 0 saturated carbocycles. The average Bonchev–Trinajstić information content (AvgIpc) is 2.29. The molecular weight excluding hydrogens is 190 g/mol. The van der Waals surface area contributed by atoms with Gasteiger partial charge in [-0.2, -0.15) is 0 Å². The maximum Gasteiger partial charge on any atom is 0.253 e. The van der Waals surface area contributed by atoms with Gasteiger partial charge in [0, 0.05) is 18.4 Å². The smallest absolute Gasteiger partial charge is 0.253 e. The Morgan fingerprint density at radius 3 is 3.00 bits per heavy atom. The van der Waals surface area contributed by atoms with Crippen LogP contribution in [-0.4, -0.2) is 23.5 Å². The quantitative estimate of drug-likeness (QED) is 0.755. The van der Waals surface area contributed by atoms with Gasteiger partial charge >= 0.3 is 0 Å². The van der Waals surface area contributed by atoms with Gasteiger partial charge in [0.15, 0.2) is 0 Å². The Labute approximate surface area is 89.9 Å². The van der Waals surface area contributed by atoms with Crippen LogP contribution in [0.15, 0.2) is 24.5 Å². The molecule has 1 rings (SSSR count). The van der Waals surface area contributed by atoms with E-state index in [4.69, 9.17) is 5.73 Å². The number of rotatable bonds is 5. The van der Waals surface area contributed by atoms with Crippen LogP contribution in [0.5, 0.6) is 0 Å². The van der Waals surface area contributed by atoms with E-state index in [-0.39, 0.29) is 11.9 Å². The van der Waals surface area contributed by atoms with Crippen LogP contribution in [0.25, 0.3) is 0 Å². The Hall–Kier alpha value is -1.42. The van der Waals surface area contributed by atoms with Crippen LogP contribution in [0.2, 0.25) is 0 Å². The fourth-order valence-electron chi connectivity index (χ4n) is 1.35. The van der Waals surface area contributed by atoms with Crippen molar-refractivity contribution in [1.29, 1.82) is 0 Å². The summed E-state index contributed by atoms with van der Waals surface area (Å²) in [6.45, 7) is 2.62. The number of hydrogen-bond donors (Lipinski definition) is 2. The van der Waals surface area contributed by atoms with E-state index in [9.17, 15) is 4.79 Å². The highest BCUT2D eigenvalue weighted by atomic mass is 16.1. The zero-order chi connectivity index (χ0) is 11.1. The molecule has 4 nitrogen and oxygen atoms in total. The highest BCUT2D eigenvalue weighted by Crippen LogP contribution is 2.00. The molecule has 1 aromatic rings. The minimum Gasteiger partial charge on any atom is -0.349 e. The van der Waals surface area contributed by atoms with Gasteiger partial charge in [-0.1, -0.05) is 6.92 Å². The van der Waals surface area contributed by atoms with E-state index >= 15 is 0 Å². The van der Waals surface area contributed by atoms with Gasteiger partial charge in [-0.15, -0.1) is 0 Å². The molecule has 15 heavy (non-hydrogen) atoms. The fraction of sp³-hybridized carbons (Fsp3) is 0.455. The number of amides is 1. The van der Waals surface area contributed by atoms with E-state index in [2.05, 4.69) is 10.3 Å². The molecule has 3 N–H and O–H groups in total. The molecule has 0 aliphatic rings. The largest absolute Gasteiger partial charge is 0.349 e. The van der Waals surface area contributed by atoms with Gasteiger partial charge in [0.2, 0.25) is 0 Å². The van der Waals surface area contributed by atoms with Crippen molar-refractivity contribution in [3.63, 3.8) is 0 Å². The van der Waals surface area contributed by atoms with Crippen molar-refractivity contribution in [3.8, 4) is 0 Å². The van der Waals surface area contributed by atoms with Crippen LogP contribution >= 0.6 is 0 Å². The molecule has 82 valence electrons. The Balaban J connectivity index is 2.55. The lowest BCUT2D eigenvalue weighted by Crippen LogP contribution is -2.35. The predicted octanol–water partition coefficient (Wildman–Crippen LogP) is 0.939. The van der Waals surface area contributed by atoms with E-state index in [1.165, 1.54) is 0 Å². The monoisotopic (exact) mass is 207 g/mol. The predicted molar refractivity (Wildman–Crippen MR) is 59.5 cm³/mol. The van der Waals surface area contributed by atoms with Crippen LogP contribution in [-0.2, 0) is 0 Å². The second-order valence-corrected chi connectivity index (χ2v) is 3.40. The van der Waals surface area contributed by atoms with Crippen molar-refractivity contribution < 1.29 is 4.79 Å². The minimum atomic E-state index is -0.0802. The maximum absolute atomic E-state index is 11.7. The van der Waals surface area contributed by atoms with Crippen LogP contribution in [0.4, 0.5) is 0 Å². The molecule has 0 saturated heterocycles. The summed E-state index contributed by atoms with van der Waals surface area (Å²) in [5, 5.41) is 2.92. The molecule has 0 bridgehead atoms. The van der Waals surface area contributed by atoms with Gasteiger partial charge in [-0.3, -0.25) is 9.78 Å². The van der Waals surface area contributed by atoms with E-state index in [0.717, 1.165) is 12.8 Å². The average molecular weight is 207 g/mol. The number of nitrogens with two attached hydrogens (primary N) is 1. The van der Waals surface area contributed by atoms with Crippen molar-refractivity contribution in [1.82, 2.24) is 10.3 Å². The number of nitrogens with one attached hydrogen (secondary N) is 1. The Morgan fingerprint density at radius 1 is 1.67 bits per heavy atom. The van der Waals surface area contributed by atoms with E-state index < -0.39 is 0 Å². The second kappa shape index (κ2) is 6.14. The van der Waals surface area contributed by atoms with E-state index in [1.807, 2.05) is 6.92 Å². The summed E-state index contributed by atoms with van der Waals surface area (Å²) in [6.07, 6.45) is 4.91. The van der Waals surface area contributed by atoms with Crippen LogP contribution in [0.3, 0.4) is 0 Å². The third-order valence-corrected chi connectivity index (χ3v) is 2.27. The van der Waals surface area contributed by atoms with Crippen molar-refractivity contribution in [2.45, 2.75) is 25.8 Å². The lowest BCUT2D eigenvalue weighted by Gasteiger charge is -2.15. The molecule has 1 amide bonds. The molecule has 1 unspecified atom stereocenters. The van der Waals surface area contributed by atoms with Gasteiger partial charge in [-0.05, 0) is 31.5 Å². The van der Waals surface area contributed by atoms with Crippen molar-refractivity contribution in [2.24, 2.45) is 5.73 Å². The molecule has 0 aromatic carbocycles.